The van der Waals surface area contributed by atoms with E-state index in [1.54, 1.807) is 18.2 Å². The van der Waals surface area contributed by atoms with Gasteiger partial charge in [0.15, 0.2) is 0 Å². The van der Waals surface area contributed by atoms with Gasteiger partial charge in [-0.05, 0) is 56.0 Å². The topological polar surface area (TPSA) is 72.8 Å². The molecule has 28 heavy (non-hydrogen) atoms. The predicted octanol–water partition coefficient (Wildman–Crippen LogP) is 4.09. The van der Waals surface area contributed by atoms with Crippen LogP contribution in [0.1, 0.15) is 37.3 Å². The van der Waals surface area contributed by atoms with E-state index in [0.717, 1.165) is 36.2 Å². The van der Waals surface area contributed by atoms with Crippen LogP contribution < -0.4 is 0 Å². The first-order chi connectivity index (χ1) is 13.7. The first-order valence-electron chi connectivity index (χ1n) is 9.56. The molecule has 0 saturated carbocycles. The Balaban J connectivity index is 1.41. The summed E-state index contributed by atoms with van der Waals surface area (Å²) in [4.78, 5) is 14.6. The van der Waals surface area contributed by atoms with Crippen molar-refractivity contribution in [3.8, 4) is 17.3 Å². The number of amides is 1. The number of likely N-dealkylation sites (tertiary alicyclic amines) is 1. The summed E-state index contributed by atoms with van der Waals surface area (Å²) in [6.45, 7) is 1.31. The number of allylic oxidation sites excluding steroid dienone is 2. The van der Waals surface area contributed by atoms with Gasteiger partial charge >= 0.3 is 0 Å². The second-order valence-corrected chi connectivity index (χ2v) is 7.23. The van der Waals surface area contributed by atoms with Crippen LogP contribution in [0.15, 0.2) is 53.6 Å². The molecular weight excluding hydrogens is 355 g/mol. The van der Waals surface area contributed by atoms with Crippen molar-refractivity contribution in [2.75, 3.05) is 13.1 Å². The minimum absolute atomic E-state index is 0.0393. The molecule has 1 fully saturated rings. The summed E-state index contributed by atoms with van der Waals surface area (Å²) >= 11 is 0. The lowest BCUT2D eigenvalue weighted by atomic mass is 9.91. The first kappa shape index (κ1) is 18.2. The molecule has 142 valence electrons. The van der Waals surface area contributed by atoms with E-state index in [0.29, 0.717) is 36.6 Å². The van der Waals surface area contributed by atoms with Crippen LogP contribution in [0.2, 0.25) is 0 Å². The second-order valence-electron chi connectivity index (χ2n) is 7.23. The van der Waals surface area contributed by atoms with E-state index in [1.807, 2.05) is 17.0 Å². The van der Waals surface area contributed by atoms with Crippen molar-refractivity contribution in [3.63, 3.8) is 0 Å². The minimum Gasteiger partial charge on any atom is -0.339 e. The van der Waals surface area contributed by atoms with Crippen LogP contribution in [0.25, 0.3) is 11.3 Å². The van der Waals surface area contributed by atoms with Crippen LogP contribution in [0.4, 0.5) is 4.39 Å². The van der Waals surface area contributed by atoms with Gasteiger partial charge in [0, 0.05) is 35.8 Å². The Bertz CT molecular complexity index is 973. The van der Waals surface area contributed by atoms with E-state index < -0.39 is 0 Å². The molecule has 0 radical (unpaired) electrons. The molecule has 2 aliphatic rings. The molecule has 1 aromatic heterocycles. The molecule has 5 nitrogen and oxygen atoms in total. The molecule has 1 aliphatic carbocycles. The maximum atomic E-state index is 13.1. The average molecular weight is 376 g/mol. The number of aromatic amines is 1. The third-order valence-corrected chi connectivity index (χ3v) is 5.50. The van der Waals surface area contributed by atoms with Gasteiger partial charge in [0.2, 0.25) is 0 Å². The van der Waals surface area contributed by atoms with Gasteiger partial charge in [-0.2, -0.15) is 10.4 Å². The minimum atomic E-state index is -0.265. The van der Waals surface area contributed by atoms with E-state index in [-0.39, 0.29) is 11.7 Å². The molecule has 6 heteroatoms. The molecule has 1 aliphatic heterocycles. The summed E-state index contributed by atoms with van der Waals surface area (Å²) in [7, 11) is 0. The highest BCUT2D eigenvalue weighted by Gasteiger charge is 2.28. The predicted molar refractivity (Wildman–Crippen MR) is 104 cm³/mol. The number of H-pyrrole nitrogens is 1. The summed E-state index contributed by atoms with van der Waals surface area (Å²) < 4.78 is 13.1. The largest absolute Gasteiger partial charge is 0.339 e. The molecule has 1 N–H and O–H groups in total. The van der Waals surface area contributed by atoms with Crippen LogP contribution in [0.5, 0.6) is 0 Å². The molecule has 1 amide bonds. The number of carbonyl (C=O) groups is 1. The van der Waals surface area contributed by atoms with E-state index in [4.69, 9.17) is 0 Å². The Hall–Kier alpha value is -3.20. The van der Waals surface area contributed by atoms with Gasteiger partial charge in [0.05, 0.1) is 17.3 Å². The highest BCUT2D eigenvalue weighted by atomic mass is 19.1. The fourth-order valence-corrected chi connectivity index (χ4v) is 3.86. The number of hydrogen-bond donors (Lipinski definition) is 1. The Kier molecular flexibility index (Phi) is 5.07. The Morgan fingerprint density at radius 2 is 2.00 bits per heavy atom. The normalized spacial score (nSPS) is 17.6. The van der Waals surface area contributed by atoms with Crippen molar-refractivity contribution in [2.45, 2.75) is 31.6 Å². The van der Waals surface area contributed by atoms with Crippen molar-refractivity contribution >= 4 is 5.91 Å². The molecule has 2 heterocycles. The number of halogens is 1. The highest BCUT2D eigenvalue weighted by molar-refractivity contribution is 5.98. The number of rotatable bonds is 3. The first-order valence-corrected chi connectivity index (χ1v) is 9.56. The number of nitriles is 1. The standard InChI is InChI=1S/C22H21FN4O/c23-18-7-5-15(6-8-18)20-13-21(26-25-20)16-9-11-27(12-10-16)22(28)19-4-2-1-3-17(19)14-24/h2,4-8,13,16H,1,3,9-12H2,(H,25,26). The third-order valence-electron chi connectivity index (χ3n) is 5.50. The van der Waals surface area contributed by atoms with Crippen LogP contribution in [-0.4, -0.2) is 34.1 Å². The number of piperidine rings is 1. The van der Waals surface area contributed by atoms with Crippen LogP contribution >= 0.6 is 0 Å². The zero-order valence-electron chi connectivity index (χ0n) is 15.5. The van der Waals surface area contributed by atoms with Crippen molar-refractivity contribution in [2.24, 2.45) is 0 Å². The van der Waals surface area contributed by atoms with Gasteiger partial charge < -0.3 is 4.90 Å². The molecule has 1 saturated heterocycles. The molecule has 2 aromatic rings. The van der Waals surface area contributed by atoms with Gasteiger partial charge in [-0.1, -0.05) is 12.2 Å². The molecule has 0 bridgehead atoms. The van der Waals surface area contributed by atoms with Gasteiger partial charge in [0.25, 0.3) is 5.91 Å². The third kappa shape index (κ3) is 3.61. The number of benzene rings is 1. The van der Waals surface area contributed by atoms with E-state index >= 15 is 0 Å². The van der Waals surface area contributed by atoms with Crippen molar-refractivity contribution in [3.05, 3.63) is 65.1 Å². The van der Waals surface area contributed by atoms with Gasteiger partial charge in [-0.3, -0.25) is 9.89 Å². The summed E-state index contributed by atoms with van der Waals surface area (Å²) in [5.41, 5.74) is 3.85. The second kappa shape index (κ2) is 7.81. The maximum absolute atomic E-state index is 13.1. The fraction of sp³-hybridized carbons (Fsp3) is 0.318. The summed E-state index contributed by atoms with van der Waals surface area (Å²) in [5, 5.41) is 16.7. The highest BCUT2D eigenvalue weighted by Crippen LogP contribution is 2.30. The van der Waals surface area contributed by atoms with Crippen molar-refractivity contribution in [1.82, 2.24) is 15.1 Å². The van der Waals surface area contributed by atoms with Gasteiger partial charge in [-0.15, -0.1) is 0 Å². The Labute approximate surface area is 163 Å². The van der Waals surface area contributed by atoms with Gasteiger partial charge in [0.1, 0.15) is 5.82 Å². The van der Waals surface area contributed by atoms with Crippen LogP contribution in [-0.2, 0) is 4.79 Å². The average Bonchev–Trinajstić information content (AvgIpc) is 3.24. The zero-order valence-corrected chi connectivity index (χ0v) is 15.5. The maximum Gasteiger partial charge on any atom is 0.254 e. The molecular formula is C22H21FN4O. The fourth-order valence-electron chi connectivity index (χ4n) is 3.86. The number of nitrogens with one attached hydrogen (secondary N) is 1. The Morgan fingerprint density at radius 3 is 2.71 bits per heavy atom. The summed E-state index contributed by atoms with van der Waals surface area (Å²) in [5.74, 6) is -0.00125. The summed E-state index contributed by atoms with van der Waals surface area (Å²) in [6.07, 6.45) is 6.90. The smallest absolute Gasteiger partial charge is 0.254 e. The van der Waals surface area contributed by atoms with Crippen LogP contribution in [0, 0.1) is 17.1 Å². The quantitative estimate of drug-likeness (QED) is 0.877. The number of aromatic nitrogens is 2. The Morgan fingerprint density at radius 1 is 1.25 bits per heavy atom. The molecule has 0 unspecified atom stereocenters. The lowest BCUT2D eigenvalue weighted by molar-refractivity contribution is -0.127. The lowest BCUT2D eigenvalue weighted by Gasteiger charge is -2.32. The SMILES string of the molecule is N#CC1=C(C(=O)N2CCC(c3cc(-c4ccc(F)cc4)n[nH]3)CC2)C=CCC1. The molecule has 0 atom stereocenters. The lowest BCUT2D eigenvalue weighted by Crippen LogP contribution is -2.39. The van der Waals surface area contributed by atoms with E-state index in [9.17, 15) is 14.4 Å². The van der Waals surface area contributed by atoms with Crippen molar-refractivity contribution < 1.29 is 9.18 Å². The van der Waals surface area contributed by atoms with Gasteiger partial charge in [-0.25, -0.2) is 4.39 Å². The molecule has 1 aromatic carbocycles. The monoisotopic (exact) mass is 376 g/mol. The summed E-state index contributed by atoms with van der Waals surface area (Å²) in [6, 6.07) is 10.5. The van der Waals surface area contributed by atoms with E-state index in [2.05, 4.69) is 16.3 Å². The van der Waals surface area contributed by atoms with E-state index in [1.165, 1.54) is 12.1 Å². The molecule has 0 spiro atoms. The molecule has 4 rings (SSSR count). The number of hydrogen-bond acceptors (Lipinski definition) is 3. The number of nitrogens with zero attached hydrogens (tertiary/aromatic N) is 3. The van der Waals surface area contributed by atoms with Crippen molar-refractivity contribution in [1.29, 1.82) is 5.26 Å². The number of carbonyl (C=O) groups excluding carboxylic acids is 1. The van der Waals surface area contributed by atoms with Crippen LogP contribution in [0.3, 0.4) is 0 Å². The zero-order chi connectivity index (χ0) is 19.5.